The molecule has 0 saturated carbocycles. The van der Waals surface area contributed by atoms with Gasteiger partial charge in [-0.2, -0.15) is 13.2 Å². The molecule has 1 aromatic heterocycles. The molecule has 4 rings (SSSR count). The molecule has 0 atom stereocenters. The Bertz CT molecular complexity index is 1100. The van der Waals surface area contributed by atoms with Gasteiger partial charge in [-0.1, -0.05) is 49.0 Å². The zero-order chi connectivity index (χ0) is 21.3. The Morgan fingerprint density at radius 2 is 1.70 bits per heavy atom. The van der Waals surface area contributed by atoms with Gasteiger partial charge in [-0.05, 0) is 61.4 Å². The highest BCUT2D eigenvalue weighted by molar-refractivity contribution is 5.79. The molecule has 0 aliphatic heterocycles. The van der Waals surface area contributed by atoms with Crippen molar-refractivity contribution >= 4 is 11.5 Å². The van der Waals surface area contributed by atoms with Crippen LogP contribution >= 0.6 is 0 Å². The van der Waals surface area contributed by atoms with Crippen LogP contribution in [0.15, 0.2) is 61.2 Å². The highest BCUT2D eigenvalue weighted by Gasteiger charge is 2.34. The van der Waals surface area contributed by atoms with E-state index in [1.165, 1.54) is 12.1 Å². The van der Waals surface area contributed by atoms with Crippen molar-refractivity contribution in [2.75, 3.05) is 5.32 Å². The molecule has 0 bridgehead atoms. The molecular formula is C25H23F3N2. The van der Waals surface area contributed by atoms with Crippen molar-refractivity contribution in [1.29, 1.82) is 0 Å². The molecule has 0 radical (unpaired) electrons. The number of benzene rings is 2. The fraction of sp³-hybridized carbons (Fsp3) is 0.240. The third kappa shape index (κ3) is 3.97. The second-order valence-corrected chi connectivity index (χ2v) is 7.66. The number of aromatic nitrogens is 1. The topological polar surface area (TPSA) is 24.9 Å². The van der Waals surface area contributed by atoms with E-state index >= 15 is 0 Å². The van der Waals surface area contributed by atoms with E-state index in [1.807, 2.05) is 37.3 Å². The standard InChI is InChI=1S/C25H23F3N2/c1-16-9-3-5-11-19(16)17(2)29-24-20-12-6-4-10-18(20)15-23(30-24)21-13-7-8-14-22(21)25(26,27)28/h3,5,7-9,11,13-15H,2,4,6,10,12H2,1H3,(H,29,30). The lowest BCUT2D eigenvalue weighted by Crippen LogP contribution is -2.12. The van der Waals surface area contributed by atoms with Gasteiger partial charge >= 0.3 is 6.18 Å². The number of pyridine rings is 1. The molecule has 3 aromatic rings. The van der Waals surface area contributed by atoms with E-state index in [9.17, 15) is 13.2 Å². The summed E-state index contributed by atoms with van der Waals surface area (Å²) in [5.41, 5.74) is 4.62. The Labute approximate surface area is 174 Å². The molecule has 5 heteroatoms. The number of halogens is 3. The zero-order valence-electron chi connectivity index (χ0n) is 16.8. The molecule has 0 spiro atoms. The van der Waals surface area contributed by atoms with E-state index in [2.05, 4.69) is 16.9 Å². The number of hydrogen-bond acceptors (Lipinski definition) is 2. The molecule has 1 heterocycles. The van der Waals surface area contributed by atoms with Gasteiger partial charge in [0.15, 0.2) is 0 Å². The number of hydrogen-bond donors (Lipinski definition) is 1. The monoisotopic (exact) mass is 408 g/mol. The fourth-order valence-corrected chi connectivity index (χ4v) is 4.06. The molecule has 30 heavy (non-hydrogen) atoms. The summed E-state index contributed by atoms with van der Waals surface area (Å²) in [5, 5.41) is 3.31. The third-order valence-corrected chi connectivity index (χ3v) is 5.59. The normalized spacial score (nSPS) is 13.6. The molecule has 1 N–H and O–H groups in total. The smallest absolute Gasteiger partial charge is 0.340 e. The van der Waals surface area contributed by atoms with Gasteiger partial charge < -0.3 is 5.32 Å². The molecule has 0 saturated heterocycles. The largest absolute Gasteiger partial charge is 0.417 e. The van der Waals surface area contributed by atoms with Crippen LogP contribution in [0.4, 0.5) is 19.0 Å². The van der Waals surface area contributed by atoms with Gasteiger partial charge in [0.1, 0.15) is 5.82 Å². The van der Waals surface area contributed by atoms with Crippen molar-refractivity contribution < 1.29 is 13.2 Å². The number of nitrogens with zero attached hydrogens (tertiary/aromatic N) is 1. The molecule has 1 aliphatic carbocycles. The van der Waals surface area contributed by atoms with Crippen LogP contribution in [-0.4, -0.2) is 4.98 Å². The number of nitrogens with one attached hydrogen (secondary N) is 1. The summed E-state index contributed by atoms with van der Waals surface area (Å²) >= 11 is 0. The van der Waals surface area contributed by atoms with Crippen LogP contribution in [0.5, 0.6) is 0 Å². The van der Waals surface area contributed by atoms with Gasteiger partial charge in [0.25, 0.3) is 0 Å². The lowest BCUT2D eigenvalue weighted by Gasteiger charge is -2.23. The van der Waals surface area contributed by atoms with E-state index < -0.39 is 11.7 Å². The van der Waals surface area contributed by atoms with Crippen LogP contribution in [-0.2, 0) is 19.0 Å². The van der Waals surface area contributed by atoms with Crippen molar-refractivity contribution in [1.82, 2.24) is 4.98 Å². The predicted molar refractivity (Wildman–Crippen MR) is 115 cm³/mol. The maximum atomic E-state index is 13.6. The Kier molecular flexibility index (Phi) is 5.37. The lowest BCUT2D eigenvalue weighted by atomic mass is 9.90. The van der Waals surface area contributed by atoms with Crippen molar-refractivity contribution in [2.45, 2.75) is 38.8 Å². The van der Waals surface area contributed by atoms with Crippen LogP contribution in [0.25, 0.3) is 17.0 Å². The second-order valence-electron chi connectivity index (χ2n) is 7.66. The molecule has 2 nitrogen and oxygen atoms in total. The van der Waals surface area contributed by atoms with Gasteiger partial charge in [-0.3, -0.25) is 0 Å². The minimum Gasteiger partial charge on any atom is -0.340 e. The summed E-state index contributed by atoms with van der Waals surface area (Å²) < 4.78 is 40.8. The lowest BCUT2D eigenvalue weighted by molar-refractivity contribution is -0.137. The average molecular weight is 408 g/mol. The van der Waals surface area contributed by atoms with Gasteiger partial charge in [0.05, 0.1) is 11.3 Å². The van der Waals surface area contributed by atoms with Crippen LogP contribution in [0.2, 0.25) is 0 Å². The number of anilines is 1. The van der Waals surface area contributed by atoms with Crippen molar-refractivity contribution in [3.05, 3.63) is 89.0 Å². The van der Waals surface area contributed by atoms with Crippen LogP contribution < -0.4 is 5.32 Å². The highest BCUT2D eigenvalue weighted by Crippen LogP contribution is 2.39. The van der Waals surface area contributed by atoms with Gasteiger partial charge in [-0.25, -0.2) is 4.98 Å². The van der Waals surface area contributed by atoms with Gasteiger partial charge in [0, 0.05) is 16.8 Å². The maximum Gasteiger partial charge on any atom is 0.417 e. The van der Waals surface area contributed by atoms with Gasteiger partial charge in [-0.15, -0.1) is 0 Å². The Hall–Kier alpha value is -3.08. The first-order valence-electron chi connectivity index (χ1n) is 10.1. The first-order valence-corrected chi connectivity index (χ1v) is 10.1. The van der Waals surface area contributed by atoms with E-state index in [-0.39, 0.29) is 5.56 Å². The average Bonchev–Trinajstić information content (AvgIpc) is 2.73. The summed E-state index contributed by atoms with van der Waals surface area (Å²) in [6.07, 6.45) is -0.682. The first-order chi connectivity index (χ1) is 14.3. The minimum atomic E-state index is -4.44. The first kappa shape index (κ1) is 20.2. The Balaban J connectivity index is 1.81. The SMILES string of the molecule is C=C(Nc1nc(-c2ccccc2C(F)(F)F)cc2c1CCCC2)c1ccccc1C. The van der Waals surface area contributed by atoms with E-state index in [1.54, 1.807) is 6.07 Å². The summed E-state index contributed by atoms with van der Waals surface area (Å²) in [6.45, 7) is 6.16. The molecule has 1 aliphatic rings. The zero-order valence-corrected chi connectivity index (χ0v) is 16.8. The maximum absolute atomic E-state index is 13.6. The molecule has 0 amide bonds. The predicted octanol–water partition coefficient (Wildman–Crippen LogP) is 7.04. The second kappa shape index (κ2) is 7.98. The summed E-state index contributed by atoms with van der Waals surface area (Å²) in [7, 11) is 0. The van der Waals surface area contributed by atoms with Crippen LogP contribution in [0.3, 0.4) is 0 Å². The van der Waals surface area contributed by atoms with E-state index in [4.69, 9.17) is 0 Å². The Morgan fingerprint density at radius 1 is 1.00 bits per heavy atom. The molecule has 0 unspecified atom stereocenters. The molecule has 2 aromatic carbocycles. The summed E-state index contributed by atoms with van der Waals surface area (Å²) in [6, 6.07) is 15.3. The summed E-state index contributed by atoms with van der Waals surface area (Å²) in [5.74, 6) is 0.604. The number of rotatable bonds is 4. The number of fused-ring (bicyclic) bond motifs is 1. The Morgan fingerprint density at radius 3 is 2.47 bits per heavy atom. The molecular weight excluding hydrogens is 385 g/mol. The van der Waals surface area contributed by atoms with Gasteiger partial charge in [0.2, 0.25) is 0 Å². The van der Waals surface area contributed by atoms with Crippen molar-refractivity contribution in [2.24, 2.45) is 0 Å². The summed E-state index contributed by atoms with van der Waals surface area (Å²) in [4.78, 5) is 4.65. The molecule has 0 fully saturated rings. The van der Waals surface area contributed by atoms with Crippen LogP contribution in [0, 0.1) is 6.92 Å². The van der Waals surface area contributed by atoms with Crippen LogP contribution in [0.1, 0.15) is 40.7 Å². The van der Waals surface area contributed by atoms with E-state index in [0.717, 1.165) is 54.0 Å². The minimum absolute atomic E-state index is 0.0999. The molecule has 154 valence electrons. The quantitative estimate of drug-likeness (QED) is 0.501. The fourth-order valence-electron chi connectivity index (χ4n) is 4.06. The highest BCUT2D eigenvalue weighted by atomic mass is 19.4. The third-order valence-electron chi connectivity index (χ3n) is 5.59. The van der Waals surface area contributed by atoms with Crippen molar-refractivity contribution in [3.63, 3.8) is 0 Å². The van der Waals surface area contributed by atoms with Crippen molar-refractivity contribution in [3.8, 4) is 11.3 Å². The number of aryl methyl sites for hydroxylation is 2. The van der Waals surface area contributed by atoms with E-state index in [0.29, 0.717) is 17.2 Å². The number of alkyl halides is 3.